The fraction of sp³-hybridized carbons (Fsp3) is 0.650. The Morgan fingerprint density at radius 1 is 1.22 bits per heavy atom. The lowest BCUT2D eigenvalue weighted by Crippen LogP contribution is -2.40. The van der Waals surface area contributed by atoms with Gasteiger partial charge in [0.05, 0.1) is 18.1 Å². The van der Waals surface area contributed by atoms with Crippen LogP contribution in [0.4, 0.5) is 4.79 Å². The Hall–Kier alpha value is -1.60. The van der Waals surface area contributed by atoms with Crippen molar-refractivity contribution in [3.8, 4) is 0 Å². The fourth-order valence-corrected chi connectivity index (χ4v) is 4.15. The number of carbonyl (C=O) groups is 1. The molecule has 0 spiro atoms. The highest BCUT2D eigenvalue weighted by Gasteiger charge is 2.28. The molecule has 0 bridgehead atoms. The molecule has 0 N–H and O–H groups in total. The second-order valence-corrected chi connectivity index (χ2v) is 8.94. The number of rotatable bonds is 8. The van der Waals surface area contributed by atoms with E-state index in [-0.39, 0.29) is 23.5 Å². The Balaban J connectivity index is 1.78. The first kappa shape index (κ1) is 21.7. The highest BCUT2D eigenvalue weighted by molar-refractivity contribution is 7.86. The molecule has 0 saturated carbocycles. The van der Waals surface area contributed by atoms with Crippen LogP contribution in [-0.2, 0) is 19.0 Å². The van der Waals surface area contributed by atoms with Crippen LogP contribution < -0.4 is 0 Å². The Morgan fingerprint density at radius 2 is 1.85 bits per heavy atom. The number of piperidine rings is 1. The number of hydrogen-bond donors (Lipinski definition) is 0. The third-order valence-corrected chi connectivity index (χ3v) is 6.42. The molecule has 1 aromatic rings. The summed E-state index contributed by atoms with van der Waals surface area (Å²) in [6.45, 7) is 7.88. The number of hydrogen-bond acceptors (Lipinski definition) is 5. The number of unbranched alkanes of at least 4 members (excludes halogenated alkanes) is 1. The molecule has 27 heavy (non-hydrogen) atoms. The topological polar surface area (TPSA) is 72.9 Å². The number of nitrogens with zero attached hydrogens (tertiary/aromatic N) is 1. The number of amides is 1. The number of likely N-dealkylation sites (tertiary alicyclic amines) is 1. The highest BCUT2D eigenvalue weighted by Crippen LogP contribution is 2.26. The lowest BCUT2D eigenvalue weighted by atomic mass is 9.86. The van der Waals surface area contributed by atoms with Crippen molar-refractivity contribution < 1.29 is 22.1 Å². The first-order valence-corrected chi connectivity index (χ1v) is 11.1. The molecule has 6 nitrogen and oxygen atoms in total. The molecule has 1 aliphatic rings. The van der Waals surface area contributed by atoms with Gasteiger partial charge in [-0.05, 0) is 50.2 Å². The third-order valence-electron chi connectivity index (χ3n) is 5.12. The van der Waals surface area contributed by atoms with Gasteiger partial charge in [0, 0.05) is 13.1 Å². The van der Waals surface area contributed by atoms with Crippen molar-refractivity contribution >= 4 is 16.2 Å². The van der Waals surface area contributed by atoms with Gasteiger partial charge in [0.25, 0.3) is 10.1 Å². The molecule has 152 valence electrons. The van der Waals surface area contributed by atoms with Crippen LogP contribution in [0.25, 0.3) is 0 Å². The largest absolute Gasteiger partial charge is 0.449 e. The molecule has 1 fully saturated rings. The van der Waals surface area contributed by atoms with E-state index in [9.17, 15) is 13.2 Å². The molecular formula is C20H31NO5S. The average Bonchev–Trinajstić information content (AvgIpc) is 2.67. The van der Waals surface area contributed by atoms with Gasteiger partial charge in [0.15, 0.2) is 0 Å². The van der Waals surface area contributed by atoms with E-state index in [4.69, 9.17) is 8.92 Å². The van der Waals surface area contributed by atoms with Crippen molar-refractivity contribution in [2.24, 2.45) is 11.8 Å². The van der Waals surface area contributed by atoms with Crippen LogP contribution in [0.1, 0.15) is 45.1 Å². The smallest absolute Gasteiger partial charge is 0.409 e. The molecule has 0 unspecified atom stereocenters. The summed E-state index contributed by atoms with van der Waals surface area (Å²) in [6, 6.07) is 6.65. The molecule has 1 aromatic carbocycles. The molecular weight excluding hydrogens is 366 g/mol. The van der Waals surface area contributed by atoms with Crippen LogP contribution in [0.2, 0.25) is 0 Å². The standard InChI is InChI=1S/C20H31NO5S/c1-4-5-14-25-20(22)21-12-10-18(11-13-21)17(3)15-26-27(23,24)19-8-6-16(2)7-9-19/h6-9,17-18H,4-5,10-15H2,1-3H3/t17-/m1/s1. The molecule has 7 heteroatoms. The fourth-order valence-electron chi connectivity index (χ4n) is 3.15. The van der Waals surface area contributed by atoms with E-state index < -0.39 is 10.1 Å². The zero-order chi connectivity index (χ0) is 19.9. The molecule has 1 aliphatic heterocycles. The van der Waals surface area contributed by atoms with E-state index in [0.29, 0.717) is 25.6 Å². The minimum atomic E-state index is -3.73. The normalized spacial score (nSPS) is 16.9. The second-order valence-electron chi connectivity index (χ2n) is 7.32. The minimum Gasteiger partial charge on any atom is -0.449 e. The van der Waals surface area contributed by atoms with Crippen LogP contribution in [0.5, 0.6) is 0 Å². The summed E-state index contributed by atoms with van der Waals surface area (Å²) in [7, 11) is -3.73. The maximum absolute atomic E-state index is 12.3. The van der Waals surface area contributed by atoms with E-state index >= 15 is 0 Å². The maximum atomic E-state index is 12.3. The summed E-state index contributed by atoms with van der Waals surface area (Å²) >= 11 is 0. The quantitative estimate of drug-likeness (QED) is 0.490. The molecule has 1 heterocycles. The SMILES string of the molecule is CCCCOC(=O)N1CCC([C@H](C)COS(=O)(=O)c2ccc(C)cc2)CC1. The minimum absolute atomic E-state index is 0.100. The summed E-state index contributed by atoms with van der Waals surface area (Å²) in [5.74, 6) is 0.432. The lowest BCUT2D eigenvalue weighted by Gasteiger charge is -2.34. The van der Waals surface area contributed by atoms with Crippen LogP contribution in [-0.4, -0.2) is 45.7 Å². The van der Waals surface area contributed by atoms with Crippen LogP contribution >= 0.6 is 0 Å². The van der Waals surface area contributed by atoms with E-state index in [1.807, 2.05) is 13.8 Å². The number of ether oxygens (including phenoxy) is 1. The van der Waals surface area contributed by atoms with Gasteiger partial charge in [-0.15, -0.1) is 0 Å². The Labute approximate surface area is 163 Å². The Kier molecular flexibility index (Phi) is 8.10. The first-order valence-electron chi connectivity index (χ1n) is 9.71. The monoisotopic (exact) mass is 397 g/mol. The van der Waals surface area contributed by atoms with Crippen LogP contribution in [0, 0.1) is 18.8 Å². The van der Waals surface area contributed by atoms with E-state index in [2.05, 4.69) is 6.92 Å². The van der Waals surface area contributed by atoms with Crippen molar-refractivity contribution in [3.63, 3.8) is 0 Å². The zero-order valence-electron chi connectivity index (χ0n) is 16.5. The molecule has 1 saturated heterocycles. The summed E-state index contributed by atoms with van der Waals surface area (Å²) in [6.07, 6.45) is 3.30. The summed E-state index contributed by atoms with van der Waals surface area (Å²) in [5, 5.41) is 0. The molecule has 0 radical (unpaired) electrons. The van der Waals surface area contributed by atoms with Crippen molar-refractivity contribution in [1.29, 1.82) is 0 Å². The van der Waals surface area contributed by atoms with Gasteiger partial charge in [0.2, 0.25) is 0 Å². The van der Waals surface area contributed by atoms with Crippen molar-refractivity contribution in [2.75, 3.05) is 26.3 Å². The summed E-state index contributed by atoms with van der Waals surface area (Å²) in [5.41, 5.74) is 1.00. The van der Waals surface area contributed by atoms with Crippen molar-refractivity contribution in [3.05, 3.63) is 29.8 Å². The molecule has 1 atom stereocenters. The molecule has 0 aromatic heterocycles. The third kappa shape index (κ3) is 6.50. The Morgan fingerprint density at radius 3 is 2.44 bits per heavy atom. The van der Waals surface area contributed by atoms with Crippen LogP contribution in [0.3, 0.4) is 0 Å². The molecule has 1 amide bonds. The van der Waals surface area contributed by atoms with E-state index in [1.54, 1.807) is 29.2 Å². The maximum Gasteiger partial charge on any atom is 0.409 e. The molecule has 0 aliphatic carbocycles. The predicted octanol–water partition coefficient (Wildman–Crippen LogP) is 3.99. The van der Waals surface area contributed by atoms with E-state index in [1.165, 1.54) is 0 Å². The van der Waals surface area contributed by atoms with Gasteiger partial charge >= 0.3 is 6.09 Å². The summed E-state index contributed by atoms with van der Waals surface area (Å²) in [4.78, 5) is 13.9. The van der Waals surface area contributed by atoms with Gasteiger partial charge in [-0.25, -0.2) is 4.79 Å². The van der Waals surface area contributed by atoms with E-state index in [0.717, 1.165) is 31.2 Å². The summed E-state index contributed by atoms with van der Waals surface area (Å²) < 4.78 is 35.1. The zero-order valence-corrected chi connectivity index (χ0v) is 17.3. The van der Waals surface area contributed by atoms with Gasteiger partial charge in [-0.1, -0.05) is 38.0 Å². The van der Waals surface area contributed by atoms with Crippen molar-refractivity contribution in [2.45, 2.75) is 51.3 Å². The molecule has 2 rings (SSSR count). The van der Waals surface area contributed by atoms with Gasteiger partial charge in [-0.2, -0.15) is 8.42 Å². The lowest BCUT2D eigenvalue weighted by molar-refractivity contribution is 0.0761. The number of carbonyl (C=O) groups excluding carboxylic acids is 1. The first-order chi connectivity index (χ1) is 12.8. The number of benzene rings is 1. The van der Waals surface area contributed by atoms with Gasteiger partial charge in [-0.3, -0.25) is 4.18 Å². The average molecular weight is 398 g/mol. The second kappa shape index (κ2) is 10.1. The predicted molar refractivity (Wildman–Crippen MR) is 104 cm³/mol. The number of aryl methyl sites for hydroxylation is 1. The van der Waals surface area contributed by atoms with Crippen molar-refractivity contribution in [1.82, 2.24) is 4.90 Å². The van der Waals surface area contributed by atoms with Gasteiger partial charge in [0.1, 0.15) is 0 Å². The highest BCUT2D eigenvalue weighted by atomic mass is 32.2. The van der Waals surface area contributed by atoms with Gasteiger partial charge < -0.3 is 9.64 Å². The van der Waals surface area contributed by atoms with Crippen LogP contribution in [0.15, 0.2) is 29.2 Å². The Bertz CT molecular complexity index is 694.